The van der Waals surface area contributed by atoms with E-state index in [-0.39, 0.29) is 31.6 Å². The van der Waals surface area contributed by atoms with E-state index in [1.54, 1.807) is 6.07 Å². The molecule has 1 aliphatic rings. The molecule has 1 amide bonds. The molecule has 0 bridgehead atoms. The molecule has 1 fully saturated rings. The third-order valence-corrected chi connectivity index (χ3v) is 7.26. The van der Waals surface area contributed by atoms with E-state index >= 15 is 0 Å². The van der Waals surface area contributed by atoms with Gasteiger partial charge in [0.2, 0.25) is 10.0 Å². The third kappa shape index (κ3) is 4.93. The molecule has 2 aromatic rings. The minimum absolute atomic E-state index is 0.0207. The molecule has 0 unspecified atom stereocenters. The van der Waals surface area contributed by atoms with Gasteiger partial charge in [-0.3, -0.25) is 4.79 Å². The molecule has 150 valence electrons. The summed E-state index contributed by atoms with van der Waals surface area (Å²) in [4.78, 5) is 12.5. The quantitative estimate of drug-likeness (QED) is 0.568. The molecule has 2 N–H and O–H groups in total. The van der Waals surface area contributed by atoms with Crippen LogP contribution in [0.5, 0.6) is 0 Å². The minimum atomic E-state index is -3.90. The first-order valence-electron chi connectivity index (χ1n) is 8.45. The SMILES string of the molecule is O=C(Nc1ccc(Cl)cc1Cl)c1cc(S(=O)(=O)NC2CCCC2)c(Cl)cc1Cl. The van der Waals surface area contributed by atoms with Crippen LogP contribution in [-0.2, 0) is 10.0 Å². The Morgan fingerprint density at radius 1 is 0.929 bits per heavy atom. The average Bonchev–Trinajstić information content (AvgIpc) is 3.09. The largest absolute Gasteiger partial charge is 0.321 e. The lowest BCUT2D eigenvalue weighted by Crippen LogP contribution is -2.33. The van der Waals surface area contributed by atoms with Crippen molar-refractivity contribution in [3.63, 3.8) is 0 Å². The summed E-state index contributed by atoms with van der Waals surface area (Å²) in [6.45, 7) is 0. The van der Waals surface area contributed by atoms with E-state index in [1.165, 1.54) is 24.3 Å². The molecular weight excluding hydrogens is 466 g/mol. The Kier molecular flexibility index (Phi) is 6.80. The number of hydrogen-bond donors (Lipinski definition) is 2. The highest BCUT2D eigenvalue weighted by Gasteiger charge is 2.27. The van der Waals surface area contributed by atoms with Crippen LogP contribution in [0.15, 0.2) is 35.2 Å². The number of carbonyl (C=O) groups is 1. The maximum atomic E-state index is 12.7. The highest BCUT2D eigenvalue weighted by Crippen LogP contribution is 2.31. The Morgan fingerprint density at radius 3 is 2.25 bits per heavy atom. The molecule has 0 radical (unpaired) electrons. The highest BCUT2D eigenvalue weighted by molar-refractivity contribution is 7.89. The van der Waals surface area contributed by atoms with Crippen molar-refractivity contribution in [3.8, 4) is 0 Å². The maximum absolute atomic E-state index is 12.7. The van der Waals surface area contributed by atoms with E-state index in [2.05, 4.69) is 10.0 Å². The van der Waals surface area contributed by atoms with Gasteiger partial charge < -0.3 is 5.32 Å². The third-order valence-electron chi connectivity index (χ3n) is 4.41. The van der Waals surface area contributed by atoms with Gasteiger partial charge in [0.1, 0.15) is 4.90 Å². The number of nitrogens with one attached hydrogen (secondary N) is 2. The van der Waals surface area contributed by atoms with E-state index in [0.29, 0.717) is 10.7 Å². The van der Waals surface area contributed by atoms with E-state index in [4.69, 9.17) is 46.4 Å². The second kappa shape index (κ2) is 8.78. The van der Waals surface area contributed by atoms with E-state index in [1.807, 2.05) is 0 Å². The van der Waals surface area contributed by atoms with Crippen LogP contribution in [0.1, 0.15) is 36.0 Å². The van der Waals surface area contributed by atoms with Gasteiger partial charge in [-0.25, -0.2) is 13.1 Å². The first-order chi connectivity index (χ1) is 13.2. The van der Waals surface area contributed by atoms with Gasteiger partial charge >= 0.3 is 0 Å². The molecule has 1 aliphatic carbocycles. The van der Waals surface area contributed by atoms with Gasteiger partial charge in [0, 0.05) is 11.1 Å². The summed E-state index contributed by atoms with van der Waals surface area (Å²) in [6, 6.07) is 6.84. The van der Waals surface area contributed by atoms with Crippen LogP contribution < -0.4 is 10.0 Å². The van der Waals surface area contributed by atoms with Crippen molar-refractivity contribution in [1.29, 1.82) is 0 Å². The molecule has 0 atom stereocenters. The number of anilines is 1. The number of rotatable bonds is 5. The first kappa shape index (κ1) is 21.7. The number of hydrogen-bond acceptors (Lipinski definition) is 3. The lowest BCUT2D eigenvalue weighted by molar-refractivity contribution is 0.102. The summed E-state index contributed by atoms with van der Waals surface area (Å²) in [5.74, 6) is -0.622. The smallest absolute Gasteiger partial charge is 0.257 e. The molecule has 3 rings (SSSR count). The van der Waals surface area contributed by atoms with Crippen LogP contribution in [0.3, 0.4) is 0 Å². The standard InChI is InChI=1S/C18H16Cl4N2O3S/c19-10-5-6-16(14(21)7-10)23-18(25)12-8-17(15(22)9-13(12)20)28(26,27)24-11-3-1-2-4-11/h5-9,11,24H,1-4H2,(H,23,25). The number of carbonyl (C=O) groups excluding carboxylic acids is 1. The summed E-state index contributed by atoms with van der Waals surface area (Å²) in [5, 5.41) is 3.21. The molecule has 0 aliphatic heterocycles. The van der Waals surface area contributed by atoms with Gasteiger partial charge in [-0.1, -0.05) is 59.2 Å². The Morgan fingerprint density at radius 2 is 1.61 bits per heavy atom. The molecule has 2 aromatic carbocycles. The zero-order valence-electron chi connectivity index (χ0n) is 14.4. The van der Waals surface area contributed by atoms with Crippen molar-refractivity contribution in [1.82, 2.24) is 4.72 Å². The number of halogens is 4. The molecule has 0 aromatic heterocycles. The Bertz CT molecular complexity index is 1020. The highest BCUT2D eigenvalue weighted by atomic mass is 35.5. The van der Waals surface area contributed by atoms with Gasteiger partial charge in [0.15, 0.2) is 0 Å². The van der Waals surface area contributed by atoms with Crippen molar-refractivity contribution >= 4 is 68.0 Å². The molecule has 1 saturated carbocycles. The fraction of sp³-hybridized carbons (Fsp3) is 0.278. The second-order valence-corrected chi connectivity index (χ2v) is 9.78. The molecule has 0 spiro atoms. The lowest BCUT2D eigenvalue weighted by atomic mass is 10.2. The lowest BCUT2D eigenvalue weighted by Gasteiger charge is -2.15. The van der Waals surface area contributed by atoms with Crippen molar-refractivity contribution in [2.24, 2.45) is 0 Å². The van der Waals surface area contributed by atoms with Crippen molar-refractivity contribution in [2.75, 3.05) is 5.32 Å². The zero-order valence-corrected chi connectivity index (χ0v) is 18.3. The van der Waals surface area contributed by atoms with Gasteiger partial charge in [-0.2, -0.15) is 0 Å². The first-order valence-corrected chi connectivity index (χ1v) is 11.4. The Labute approximate surface area is 183 Å². The fourth-order valence-electron chi connectivity index (χ4n) is 3.02. The number of sulfonamides is 1. The second-order valence-electron chi connectivity index (χ2n) is 6.44. The summed E-state index contributed by atoms with van der Waals surface area (Å²) < 4.78 is 28.1. The van der Waals surface area contributed by atoms with Gasteiger partial charge in [-0.05, 0) is 43.2 Å². The van der Waals surface area contributed by atoms with Gasteiger partial charge in [0.05, 0.1) is 26.3 Å². The fourth-order valence-corrected chi connectivity index (χ4v) is 5.64. The predicted molar refractivity (Wildman–Crippen MR) is 113 cm³/mol. The molecule has 0 saturated heterocycles. The predicted octanol–water partition coefficient (Wildman–Crippen LogP) is 5.77. The maximum Gasteiger partial charge on any atom is 0.257 e. The monoisotopic (exact) mass is 480 g/mol. The van der Waals surface area contributed by atoms with Crippen molar-refractivity contribution < 1.29 is 13.2 Å². The summed E-state index contributed by atoms with van der Waals surface area (Å²) >= 11 is 24.2. The molecule has 0 heterocycles. The van der Waals surface area contributed by atoms with Crippen LogP contribution in [0.4, 0.5) is 5.69 Å². The van der Waals surface area contributed by atoms with Gasteiger partial charge in [0.25, 0.3) is 5.91 Å². The van der Waals surface area contributed by atoms with Crippen molar-refractivity contribution in [3.05, 3.63) is 56.0 Å². The Balaban J connectivity index is 1.91. The summed E-state index contributed by atoms with van der Waals surface area (Å²) in [5.41, 5.74) is 0.277. The van der Waals surface area contributed by atoms with Crippen molar-refractivity contribution in [2.45, 2.75) is 36.6 Å². The van der Waals surface area contributed by atoms with E-state index in [0.717, 1.165) is 25.7 Å². The molecular formula is C18H16Cl4N2O3S. The summed E-state index contributed by atoms with van der Waals surface area (Å²) in [6.07, 6.45) is 3.48. The van der Waals surface area contributed by atoms with E-state index < -0.39 is 15.9 Å². The van der Waals surface area contributed by atoms with Crippen LogP contribution >= 0.6 is 46.4 Å². The normalized spacial score (nSPS) is 15.0. The van der Waals surface area contributed by atoms with E-state index in [9.17, 15) is 13.2 Å². The molecule has 5 nitrogen and oxygen atoms in total. The van der Waals surface area contributed by atoms with Gasteiger partial charge in [-0.15, -0.1) is 0 Å². The van der Waals surface area contributed by atoms with Crippen LogP contribution in [0, 0.1) is 0 Å². The minimum Gasteiger partial charge on any atom is -0.321 e. The molecule has 28 heavy (non-hydrogen) atoms. The van der Waals surface area contributed by atoms with Crippen LogP contribution in [0.2, 0.25) is 20.1 Å². The topological polar surface area (TPSA) is 75.3 Å². The summed E-state index contributed by atoms with van der Waals surface area (Å²) in [7, 11) is -3.90. The zero-order chi connectivity index (χ0) is 20.5. The average molecular weight is 482 g/mol. The number of benzene rings is 2. The van der Waals surface area contributed by atoms with Crippen LogP contribution in [0.25, 0.3) is 0 Å². The number of amides is 1. The molecule has 10 heteroatoms. The Hall–Kier alpha value is -1.02. The van der Waals surface area contributed by atoms with Crippen LogP contribution in [-0.4, -0.2) is 20.4 Å².